The molecule has 108 valence electrons. The number of nitrogens with one attached hydrogen (secondary N) is 1. The van der Waals surface area contributed by atoms with Crippen molar-refractivity contribution in [2.75, 3.05) is 5.32 Å². The predicted molar refractivity (Wildman–Crippen MR) is 79.7 cm³/mol. The van der Waals surface area contributed by atoms with Crippen LogP contribution in [-0.4, -0.2) is 22.5 Å². The van der Waals surface area contributed by atoms with E-state index in [1.54, 1.807) is 12.1 Å². The zero-order valence-electron chi connectivity index (χ0n) is 11.0. The molecule has 0 spiro atoms. The molecule has 1 fully saturated rings. The Morgan fingerprint density at radius 1 is 1.25 bits per heavy atom. The molecular weight excluding hydrogens is 324 g/mol. The van der Waals surface area contributed by atoms with E-state index in [0.29, 0.717) is 17.3 Å². The number of amides is 1. The largest absolute Gasteiger partial charge is 0.478 e. The lowest BCUT2D eigenvalue weighted by atomic mass is 9.82. The van der Waals surface area contributed by atoms with Gasteiger partial charge in [0, 0.05) is 4.47 Å². The number of aromatic carboxylic acids is 1. The van der Waals surface area contributed by atoms with Crippen LogP contribution in [0.3, 0.4) is 0 Å². The van der Waals surface area contributed by atoms with Gasteiger partial charge in [-0.05, 0) is 31.0 Å². The van der Waals surface area contributed by atoms with Crippen LogP contribution in [0.1, 0.15) is 42.5 Å². The van der Waals surface area contributed by atoms with Crippen molar-refractivity contribution in [3.05, 3.63) is 28.2 Å². The molecule has 4 N–H and O–H groups in total. The Hall–Kier alpha value is -1.40. The van der Waals surface area contributed by atoms with E-state index in [9.17, 15) is 9.59 Å². The second-order valence-electron chi connectivity index (χ2n) is 5.17. The zero-order chi connectivity index (χ0) is 14.8. The van der Waals surface area contributed by atoms with Crippen LogP contribution in [-0.2, 0) is 4.79 Å². The number of carbonyl (C=O) groups excluding carboxylic acids is 1. The third-order valence-electron chi connectivity index (χ3n) is 3.66. The van der Waals surface area contributed by atoms with Gasteiger partial charge in [0.2, 0.25) is 5.91 Å². The van der Waals surface area contributed by atoms with Gasteiger partial charge in [-0.15, -0.1) is 0 Å². The molecule has 0 saturated heterocycles. The fourth-order valence-electron chi connectivity index (χ4n) is 2.46. The second kappa shape index (κ2) is 5.93. The van der Waals surface area contributed by atoms with Crippen LogP contribution in [0.4, 0.5) is 5.69 Å². The molecule has 0 aliphatic heterocycles. The Morgan fingerprint density at radius 3 is 2.50 bits per heavy atom. The quantitative estimate of drug-likeness (QED) is 0.788. The standard InChI is InChI=1S/C14H17BrN2O3/c15-9-4-5-10(12(18)19)11(8-9)17-13(20)14(16)6-2-1-3-7-14/h4-5,8H,1-3,6-7,16H2,(H,17,20)(H,18,19). The molecule has 1 aliphatic rings. The van der Waals surface area contributed by atoms with Gasteiger partial charge in [0.25, 0.3) is 0 Å². The highest BCUT2D eigenvalue weighted by Gasteiger charge is 2.35. The number of carboxylic acids is 1. The molecule has 2 rings (SSSR count). The first-order chi connectivity index (χ1) is 9.42. The number of hydrogen-bond donors (Lipinski definition) is 3. The summed E-state index contributed by atoms with van der Waals surface area (Å²) in [5.74, 6) is -1.39. The summed E-state index contributed by atoms with van der Waals surface area (Å²) in [6, 6.07) is 4.65. The van der Waals surface area contributed by atoms with Crippen molar-refractivity contribution in [1.82, 2.24) is 0 Å². The van der Waals surface area contributed by atoms with Gasteiger partial charge in [0.15, 0.2) is 0 Å². The lowest BCUT2D eigenvalue weighted by molar-refractivity contribution is -0.122. The molecule has 20 heavy (non-hydrogen) atoms. The smallest absolute Gasteiger partial charge is 0.337 e. The zero-order valence-corrected chi connectivity index (χ0v) is 12.6. The molecule has 6 heteroatoms. The number of rotatable bonds is 3. The van der Waals surface area contributed by atoms with E-state index in [1.807, 2.05) is 0 Å². The molecule has 5 nitrogen and oxygen atoms in total. The van der Waals surface area contributed by atoms with Crippen LogP contribution in [0.5, 0.6) is 0 Å². The van der Waals surface area contributed by atoms with Crippen molar-refractivity contribution < 1.29 is 14.7 Å². The summed E-state index contributed by atoms with van der Waals surface area (Å²) in [7, 11) is 0. The number of carbonyl (C=O) groups is 2. The summed E-state index contributed by atoms with van der Waals surface area (Å²) >= 11 is 3.27. The topological polar surface area (TPSA) is 92.4 Å². The van der Waals surface area contributed by atoms with Gasteiger partial charge in [0.05, 0.1) is 16.8 Å². The Labute approximate surface area is 125 Å². The fourth-order valence-corrected chi connectivity index (χ4v) is 2.82. The molecule has 1 aromatic carbocycles. The second-order valence-corrected chi connectivity index (χ2v) is 6.08. The van der Waals surface area contributed by atoms with Crippen molar-refractivity contribution in [3.63, 3.8) is 0 Å². The Kier molecular flexibility index (Phi) is 4.45. The number of hydrogen-bond acceptors (Lipinski definition) is 3. The lowest BCUT2D eigenvalue weighted by Gasteiger charge is -2.32. The van der Waals surface area contributed by atoms with Gasteiger partial charge in [-0.3, -0.25) is 4.79 Å². The first kappa shape index (κ1) is 15.0. The van der Waals surface area contributed by atoms with Gasteiger partial charge in [-0.1, -0.05) is 35.2 Å². The van der Waals surface area contributed by atoms with E-state index in [-0.39, 0.29) is 17.2 Å². The van der Waals surface area contributed by atoms with Crippen LogP contribution in [0.25, 0.3) is 0 Å². The van der Waals surface area contributed by atoms with Gasteiger partial charge >= 0.3 is 5.97 Å². The molecule has 0 aromatic heterocycles. The molecule has 1 aliphatic carbocycles. The number of anilines is 1. The molecule has 1 saturated carbocycles. The number of halogens is 1. The van der Waals surface area contributed by atoms with Crippen molar-refractivity contribution in [1.29, 1.82) is 0 Å². The SMILES string of the molecule is NC1(C(=O)Nc2cc(Br)ccc2C(=O)O)CCCCC1. The van der Waals surface area contributed by atoms with E-state index in [4.69, 9.17) is 10.8 Å². The lowest BCUT2D eigenvalue weighted by Crippen LogP contribution is -2.52. The van der Waals surface area contributed by atoms with Crippen LogP contribution < -0.4 is 11.1 Å². The molecule has 0 heterocycles. The van der Waals surface area contributed by atoms with E-state index >= 15 is 0 Å². The van der Waals surface area contributed by atoms with Crippen molar-refractivity contribution >= 4 is 33.5 Å². The maximum absolute atomic E-state index is 12.3. The minimum absolute atomic E-state index is 0.0564. The Bertz CT molecular complexity index is 539. The van der Waals surface area contributed by atoms with Gasteiger partial charge in [-0.25, -0.2) is 4.79 Å². The first-order valence-corrected chi connectivity index (χ1v) is 7.35. The number of nitrogens with two attached hydrogens (primary N) is 1. The third-order valence-corrected chi connectivity index (χ3v) is 4.15. The van der Waals surface area contributed by atoms with Gasteiger partial charge < -0.3 is 16.2 Å². The van der Waals surface area contributed by atoms with Crippen LogP contribution in [0.15, 0.2) is 22.7 Å². The summed E-state index contributed by atoms with van der Waals surface area (Å²) in [5.41, 5.74) is 5.58. The van der Waals surface area contributed by atoms with E-state index in [0.717, 1.165) is 19.3 Å². The van der Waals surface area contributed by atoms with Gasteiger partial charge in [-0.2, -0.15) is 0 Å². The molecule has 1 amide bonds. The van der Waals surface area contributed by atoms with E-state index in [2.05, 4.69) is 21.2 Å². The van der Waals surface area contributed by atoms with Crippen molar-refractivity contribution in [2.45, 2.75) is 37.6 Å². The summed E-state index contributed by atoms with van der Waals surface area (Å²) in [4.78, 5) is 23.5. The maximum Gasteiger partial charge on any atom is 0.337 e. The number of carboxylic acid groups (broad SMARTS) is 1. The summed E-state index contributed by atoms with van der Waals surface area (Å²) in [6.07, 6.45) is 4.20. The van der Waals surface area contributed by atoms with Crippen LogP contribution >= 0.6 is 15.9 Å². The highest BCUT2D eigenvalue weighted by molar-refractivity contribution is 9.10. The molecule has 1 aromatic rings. The molecular formula is C14H17BrN2O3. The van der Waals surface area contributed by atoms with Crippen LogP contribution in [0.2, 0.25) is 0 Å². The maximum atomic E-state index is 12.3. The van der Waals surface area contributed by atoms with Crippen molar-refractivity contribution in [3.8, 4) is 0 Å². The van der Waals surface area contributed by atoms with Crippen LogP contribution in [0, 0.1) is 0 Å². The Morgan fingerprint density at radius 2 is 1.90 bits per heavy atom. The summed E-state index contributed by atoms with van der Waals surface area (Å²) in [5, 5.41) is 11.8. The third kappa shape index (κ3) is 3.19. The van der Waals surface area contributed by atoms with E-state index < -0.39 is 11.5 Å². The number of benzene rings is 1. The average molecular weight is 341 g/mol. The van der Waals surface area contributed by atoms with Crippen molar-refractivity contribution in [2.24, 2.45) is 5.73 Å². The summed E-state index contributed by atoms with van der Waals surface area (Å²) < 4.78 is 0.701. The molecule has 0 unspecified atom stereocenters. The average Bonchev–Trinajstić information content (AvgIpc) is 2.39. The van der Waals surface area contributed by atoms with E-state index in [1.165, 1.54) is 6.07 Å². The molecule has 0 atom stereocenters. The predicted octanol–water partition coefficient (Wildman–Crippen LogP) is 2.75. The molecule has 0 bridgehead atoms. The minimum atomic E-state index is -1.08. The first-order valence-electron chi connectivity index (χ1n) is 6.55. The minimum Gasteiger partial charge on any atom is -0.478 e. The summed E-state index contributed by atoms with van der Waals surface area (Å²) in [6.45, 7) is 0. The van der Waals surface area contributed by atoms with Gasteiger partial charge in [0.1, 0.15) is 0 Å². The molecule has 0 radical (unpaired) electrons. The highest BCUT2D eigenvalue weighted by Crippen LogP contribution is 2.28. The normalized spacial score (nSPS) is 17.5. The Balaban J connectivity index is 2.23. The monoisotopic (exact) mass is 340 g/mol. The fraction of sp³-hybridized carbons (Fsp3) is 0.429. The highest BCUT2D eigenvalue weighted by atomic mass is 79.9.